The maximum absolute atomic E-state index is 11.7. The van der Waals surface area contributed by atoms with Crippen LogP contribution in [0.25, 0.3) is 11.2 Å². The molecule has 0 saturated heterocycles. The average Bonchev–Trinajstić information content (AvgIpc) is 3.49. The lowest BCUT2D eigenvalue weighted by atomic mass is 9.85. The lowest BCUT2D eigenvalue weighted by molar-refractivity contribution is -0.122. The monoisotopic (exact) mass is 512 g/mol. The molecule has 0 radical (unpaired) electrons. The Balaban J connectivity index is 1.53. The first-order valence-corrected chi connectivity index (χ1v) is 12.7. The molecular formula is C24H26Cl2N8O. The van der Waals surface area contributed by atoms with E-state index in [1.807, 2.05) is 6.07 Å². The van der Waals surface area contributed by atoms with E-state index < -0.39 is 0 Å². The van der Waals surface area contributed by atoms with Crippen LogP contribution < -0.4 is 16.4 Å². The van der Waals surface area contributed by atoms with Crippen LogP contribution in [-0.4, -0.2) is 31.5 Å². The van der Waals surface area contributed by atoms with E-state index in [1.165, 1.54) is 12.8 Å². The summed E-state index contributed by atoms with van der Waals surface area (Å²) in [5.41, 5.74) is 7.75. The lowest BCUT2D eigenvalue weighted by Gasteiger charge is -2.29. The molecule has 182 valence electrons. The highest BCUT2D eigenvalue weighted by molar-refractivity contribution is 6.44. The normalized spacial score (nSPS) is 20.6. The van der Waals surface area contributed by atoms with E-state index in [2.05, 4.69) is 20.2 Å². The molecule has 0 bridgehead atoms. The molecule has 9 nitrogen and oxygen atoms in total. The molecule has 0 atom stereocenters. The summed E-state index contributed by atoms with van der Waals surface area (Å²) in [7, 11) is 0. The zero-order valence-electron chi connectivity index (χ0n) is 19.1. The third kappa shape index (κ3) is 4.73. The molecule has 1 amide bonds. The van der Waals surface area contributed by atoms with Gasteiger partial charge in [0.1, 0.15) is 11.6 Å². The van der Waals surface area contributed by atoms with Crippen molar-refractivity contribution in [2.24, 2.45) is 11.7 Å². The van der Waals surface area contributed by atoms with E-state index >= 15 is 0 Å². The third-order valence-electron chi connectivity index (χ3n) is 7.03. The van der Waals surface area contributed by atoms with Crippen molar-refractivity contribution < 1.29 is 4.79 Å². The summed E-state index contributed by atoms with van der Waals surface area (Å²) in [5.74, 6) is 0.778. The van der Waals surface area contributed by atoms with Gasteiger partial charge in [-0.05, 0) is 50.7 Å². The molecule has 3 aromatic rings. The highest BCUT2D eigenvalue weighted by atomic mass is 35.5. The quantitative estimate of drug-likeness (QED) is 0.406. The van der Waals surface area contributed by atoms with Gasteiger partial charge < -0.3 is 16.4 Å². The maximum atomic E-state index is 11.7. The molecule has 1 aromatic carbocycles. The van der Waals surface area contributed by atoms with Gasteiger partial charge in [-0.15, -0.1) is 0 Å². The number of nitriles is 1. The Morgan fingerprint density at radius 2 is 1.83 bits per heavy atom. The Morgan fingerprint density at radius 3 is 2.51 bits per heavy atom. The summed E-state index contributed by atoms with van der Waals surface area (Å²) in [4.78, 5) is 25.8. The summed E-state index contributed by atoms with van der Waals surface area (Å²) in [6, 6.07) is 5.81. The number of rotatable bonds is 6. The van der Waals surface area contributed by atoms with Gasteiger partial charge in [0.2, 0.25) is 17.8 Å². The Hall–Kier alpha value is -3.09. The summed E-state index contributed by atoms with van der Waals surface area (Å²) < 4.78 is 2.07. The minimum absolute atomic E-state index is 0.0694. The summed E-state index contributed by atoms with van der Waals surface area (Å²) in [5, 5.41) is 16.4. The number of nitrogens with zero attached hydrogens (tertiary/aromatic N) is 5. The van der Waals surface area contributed by atoms with Crippen LogP contribution in [0.15, 0.2) is 18.3 Å². The van der Waals surface area contributed by atoms with Gasteiger partial charge in [0.05, 0.1) is 27.5 Å². The Kier molecular flexibility index (Phi) is 6.67. The fourth-order valence-corrected chi connectivity index (χ4v) is 5.54. The number of nitrogens with two attached hydrogens (primary N) is 1. The Bertz CT molecular complexity index is 1300. The second-order valence-corrected chi connectivity index (χ2v) is 10.0. The van der Waals surface area contributed by atoms with Crippen LogP contribution in [0.2, 0.25) is 10.0 Å². The SMILES string of the molecule is N#Cc1ccc(Nc2nc3cnc(NC4CCCC4)nc3n2[C@H]2CC[C@@H](C(N)=O)CC2)c(Cl)c1Cl. The molecule has 0 aliphatic heterocycles. The number of benzene rings is 1. The third-order valence-corrected chi connectivity index (χ3v) is 7.92. The van der Waals surface area contributed by atoms with Crippen molar-refractivity contribution in [3.63, 3.8) is 0 Å². The number of carbonyl (C=O) groups excluding carboxylic acids is 1. The van der Waals surface area contributed by atoms with Crippen LogP contribution in [-0.2, 0) is 4.79 Å². The summed E-state index contributed by atoms with van der Waals surface area (Å²) >= 11 is 12.7. The van der Waals surface area contributed by atoms with Gasteiger partial charge in [-0.3, -0.25) is 9.36 Å². The number of amides is 1. The smallest absolute Gasteiger partial charge is 0.224 e. The van der Waals surface area contributed by atoms with Gasteiger partial charge >= 0.3 is 0 Å². The minimum atomic E-state index is -0.248. The second-order valence-electron chi connectivity index (χ2n) is 9.27. The van der Waals surface area contributed by atoms with E-state index in [-0.39, 0.29) is 27.9 Å². The number of hydrogen-bond acceptors (Lipinski definition) is 7. The first-order chi connectivity index (χ1) is 16.9. The molecular weight excluding hydrogens is 487 g/mol. The maximum Gasteiger partial charge on any atom is 0.224 e. The summed E-state index contributed by atoms with van der Waals surface area (Å²) in [6.07, 6.45) is 9.33. The number of hydrogen-bond donors (Lipinski definition) is 3. The number of imidazole rings is 1. The van der Waals surface area contributed by atoms with Crippen LogP contribution in [0.3, 0.4) is 0 Å². The fourth-order valence-electron chi connectivity index (χ4n) is 5.12. The molecule has 5 rings (SSSR count). The molecule has 11 heteroatoms. The van der Waals surface area contributed by atoms with E-state index in [0.29, 0.717) is 53.2 Å². The van der Waals surface area contributed by atoms with Crippen LogP contribution in [0.1, 0.15) is 63.0 Å². The van der Waals surface area contributed by atoms with Crippen LogP contribution in [0.5, 0.6) is 0 Å². The van der Waals surface area contributed by atoms with Gasteiger partial charge in [0, 0.05) is 18.0 Å². The standard InChI is InChI=1S/C24H26Cl2N8O/c25-19-14(11-27)7-10-17(20(19)26)31-24-32-18-12-29-23(30-15-3-1-2-4-15)33-22(18)34(24)16-8-5-13(6-9-16)21(28)35/h7,10,12-13,15-16H,1-6,8-9H2,(H2,28,35)(H,31,32)(H,29,30,33)/t13-,16+. The number of halogens is 2. The Morgan fingerprint density at radius 1 is 1.09 bits per heavy atom. The first kappa shape index (κ1) is 23.6. The number of anilines is 3. The van der Waals surface area contributed by atoms with E-state index in [0.717, 1.165) is 25.7 Å². The van der Waals surface area contributed by atoms with Gasteiger partial charge in [-0.1, -0.05) is 36.0 Å². The Labute approximate surface area is 213 Å². The molecule has 35 heavy (non-hydrogen) atoms. The zero-order chi connectivity index (χ0) is 24.5. The number of nitrogens with one attached hydrogen (secondary N) is 2. The van der Waals surface area contributed by atoms with Crippen molar-refractivity contribution in [3.05, 3.63) is 33.9 Å². The topological polar surface area (TPSA) is 135 Å². The van der Waals surface area contributed by atoms with E-state index in [4.69, 9.17) is 38.9 Å². The van der Waals surface area contributed by atoms with Gasteiger partial charge in [0.25, 0.3) is 0 Å². The predicted octanol–water partition coefficient (Wildman–Crippen LogP) is 5.32. The molecule has 2 aliphatic rings. The van der Waals surface area contributed by atoms with Gasteiger partial charge in [-0.2, -0.15) is 10.2 Å². The first-order valence-electron chi connectivity index (χ1n) is 11.9. The van der Waals surface area contributed by atoms with Crippen molar-refractivity contribution in [2.45, 2.75) is 63.5 Å². The molecule has 2 heterocycles. The van der Waals surface area contributed by atoms with Gasteiger partial charge in [-0.25, -0.2) is 9.97 Å². The van der Waals surface area contributed by atoms with E-state index in [9.17, 15) is 10.1 Å². The van der Waals surface area contributed by atoms with Crippen LogP contribution in [0.4, 0.5) is 17.6 Å². The van der Waals surface area contributed by atoms with E-state index in [1.54, 1.807) is 18.3 Å². The molecule has 4 N–H and O–H groups in total. The second kappa shape index (κ2) is 9.88. The largest absolute Gasteiger partial charge is 0.369 e. The van der Waals surface area contributed by atoms with Crippen molar-refractivity contribution >= 4 is 57.9 Å². The summed E-state index contributed by atoms with van der Waals surface area (Å²) in [6.45, 7) is 0. The van der Waals surface area contributed by atoms with Gasteiger partial charge in [0.15, 0.2) is 5.65 Å². The van der Waals surface area contributed by atoms with Crippen LogP contribution in [0, 0.1) is 17.2 Å². The fraction of sp³-hybridized carbons (Fsp3) is 0.458. The van der Waals surface area contributed by atoms with Crippen molar-refractivity contribution in [2.75, 3.05) is 10.6 Å². The molecule has 2 aromatic heterocycles. The molecule has 2 fully saturated rings. The van der Waals surface area contributed by atoms with Crippen LogP contribution >= 0.6 is 23.2 Å². The van der Waals surface area contributed by atoms with Crippen molar-refractivity contribution in [1.82, 2.24) is 19.5 Å². The highest BCUT2D eigenvalue weighted by Gasteiger charge is 2.29. The number of primary amides is 1. The average molecular weight is 513 g/mol. The zero-order valence-corrected chi connectivity index (χ0v) is 20.6. The number of fused-ring (bicyclic) bond motifs is 1. The highest BCUT2D eigenvalue weighted by Crippen LogP contribution is 2.39. The molecule has 2 aliphatic carbocycles. The number of aromatic nitrogens is 4. The lowest BCUT2D eigenvalue weighted by Crippen LogP contribution is -2.28. The minimum Gasteiger partial charge on any atom is -0.369 e. The predicted molar refractivity (Wildman–Crippen MR) is 136 cm³/mol. The van der Waals surface area contributed by atoms with Crippen molar-refractivity contribution in [1.29, 1.82) is 5.26 Å². The molecule has 0 unspecified atom stereocenters. The molecule has 2 saturated carbocycles. The van der Waals surface area contributed by atoms with Crippen molar-refractivity contribution in [3.8, 4) is 6.07 Å². The molecule has 0 spiro atoms. The number of carbonyl (C=O) groups is 1.